The quantitative estimate of drug-likeness (QED) is 0.593. The summed E-state index contributed by atoms with van der Waals surface area (Å²) < 4.78 is 7.85. The Balaban J connectivity index is 0.00000242. The van der Waals surface area contributed by atoms with Crippen molar-refractivity contribution in [1.82, 2.24) is 0 Å². The Labute approximate surface area is 144 Å². The minimum Gasteiger partial charge on any atom is -1.00 e. The SMILES string of the molecule is Cc1sc[n+](CC(=O)OC2CC(C)CCC2C(C)C)c1C.[Cl-]. The second kappa shape index (κ2) is 8.30. The van der Waals surface area contributed by atoms with Crippen LogP contribution in [0.1, 0.15) is 50.6 Å². The van der Waals surface area contributed by atoms with Crippen molar-refractivity contribution in [1.29, 1.82) is 0 Å². The highest BCUT2D eigenvalue weighted by Gasteiger charge is 2.34. The zero-order chi connectivity index (χ0) is 15.6. The van der Waals surface area contributed by atoms with E-state index in [2.05, 4.69) is 34.6 Å². The van der Waals surface area contributed by atoms with Gasteiger partial charge in [-0.2, -0.15) is 4.57 Å². The molecular weight excluding hydrogens is 318 g/mol. The Bertz CT molecular complexity index is 501. The maximum Gasteiger partial charge on any atom is 0.373 e. The fourth-order valence-corrected chi connectivity index (χ4v) is 4.07. The van der Waals surface area contributed by atoms with E-state index in [0.29, 0.717) is 24.3 Å². The molecule has 0 amide bonds. The molecule has 126 valence electrons. The summed E-state index contributed by atoms with van der Waals surface area (Å²) in [5, 5.41) is 0. The van der Waals surface area contributed by atoms with Crippen LogP contribution >= 0.6 is 11.3 Å². The Morgan fingerprint density at radius 1 is 1.41 bits per heavy atom. The van der Waals surface area contributed by atoms with Gasteiger partial charge in [-0.15, -0.1) is 0 Å². The summed E-state index contributed by atoms with van der Waals surface area (Å²) in [5.41, 5.74) is 3.17. The van der Waals surface area contributed by atoms with Gasteiger partial charge >= 0.3 is 5.97 Å². The molecule has 2 rings (SSSR count). The lowest BCUT2D eigenvalue weighted by Gasteiger charge is -2.36. The molecule has 1 aromatic rings. The fourth-order valence-electron chi connectivity index (χ4n) is 3.26. The molecule has 1 saturated carbocycles. The van der Waals surface area contributed by atoms with Gasteiger partial charge < -0.3 is 17.1 Å². The lowest BCUT2D eigenvalue weighted by Crippen LogP contribution is -3.00. The van der Waals surface area contributed by atoms with Crippen molar-refractivity contribution in [3.63, 3.8) is 0 Å². The average molecular weight is 346 g/mol. The van der Waals surface area contributed by atoms with Crippen LogP contribution in [0.5, 0.6) is 0 Å². The predicted octanol–water partition coefficient (Wildman–Crippen LogP) is 0.660. The standard InChI is InChI=1S/C17H28NO2S.ClH/c1-11(2)15-7-6-12(3)8-16(15)20-17(19)9-18-10-21-14(5)13(18)4;/h10-12,15-16H,6-9H2,1-5H3;1H/q+1;/p-1. The van der Waals surface area contributed by atoms with Gasteiger partial charge in [-0.25, -0.2) is 4.79 Å². The normalized spacial score (nSPS) is 24.9. The average Bonchev–Trinajstić information content (AvgIpc) is 2.70. The first kappa shape index (κ1) is 19.4. The Kier molecular flexibility index (Phi) is 7.33. The Hall–Kier alpha value is -0.610. The number of thiazole rings is 1. The third-order valence-corrected chi connectivity index (χ3v) is 5.85. The molecular formula is C17H28ClNO2S. The molecule has 1 heterocycles. The Morgan fingerprint density at radius 2 is 2.09 bits per heavy atom. The van der Waals surface area contributed by atoms with Gasteiger partial charge in [0, 0.05) is 6.92 Å². The van der Waals surface area contributed by atoms with Gasteiger partial charge in [-0.3, -0.25) is 0 Å². The van der Waals surface area contributed by atoms with Gasteiger partial charge in [-0.1, -0.05) is 38.5 Å². The van der Waals surface area contributed by atoms with Crippen LogP contribution in [0.2, 0.25) is 0 Å². The molecule has 3 unspecified atom stereocenters. The van der Waals surface area contributed by atoms with Crippen LogP contribution in [0, 0.1) is 31.6 Å². The highest BCUT2D eigenvalue weighted by atomic mass is 35.5. The number of rotatable bonds is 4. The molecule has 0 saturated heterocycles. The highest BCUT2D eigenvalue weighted by Crippen LogP contribution is 2.35. The molecule has 0 aromatic carbocycles. The van der Waals surface area contributed by atoms with Gasteiger partial charge in [0.25, 0.3) is 0 Å². The van der Waals surface area contributed by atoms with Gasteiger partial charge in [0.15, 0.2) is 5.69 Å². The summed E-state index contributed by atoms with van der Waals surface area (Å²) in [7, 11) is 0. The van der Waals surface area contributed by atoms with Crippen LogP contribution in [0.15, 0.2) is 5.51 Å². The van der Waals surface area contributed by atoms with E-state index in [1.807, 2.05) is 10.1 Å². The van der Waals surface area contributed by atoms with Gasteiger partial charge in [-0.05, 0) is 37.5 Å². The molecule has 1 aliphatic carbocycles. The van der Waals surface area contributed by atoms with E-state index >= 15 is 0 Å². The topological polar surface area (TPSA) is 30.2 Å². The van der Waals surface area contributed by atoms with E-state index in [4.69, 9.17) is 4.74 Å². The monoisotopic (exact) mass is 345 g/mol. The van der Waals surface area contributed by atoms with Crippen molar-refractivity contribution < 1.29 is 26.5 Å². The fraction of sp³-hybridized carbons (Fsp3) is 0.765. The molecule has 0 spiro atoms. The number of carbonyl (C=O) groups excluding carboxylic acids is 1. The molecule has 0 N–H and O–H groups in total. The second-order valence-electron chi connectivity index (χ2n) is 6.85. The second-order valence-corrected chi connectivity index (χ2v) is 7.91. The number of aromatic nitrogens is 1. The molecule has 0 radical (unpaired) electrons. The van der Waals surface area contributed by atoms with Crippen molar-refractivity contribution in [2.45, 2.75) is 66.5 Å². The van der Waals surface area contributed by atoms with Crippen LogP contribution < -0.4 is 17.0 Å². The number of aryl methyl sites for hydroxylation is 1. The van der Waals surface area contributed by atoms with Crippen molar-refractivity contribution in [3.8, 4) is 0 Å². The summed E-state index contributed by atoms with van der Waals surface area (Å²) in [4.78, 5) is 13.5. The van der Waals surface area contributed by atoms with Crippen molar-refractivity contribution in [2.24, 2.45) is 17.8 Å². The third kappa shape index (κ3) is 4.69. The number of hydrogen-bond donors (Lipinski definition) is 0. The minimum atomic E-state index is -0.0920. The van der Waals surface area contributed by atoms with Crippen molar-refractivity contribution in [2.75, 3.05) is 0 Å². The maximum atomic E-state index is 12.3. The predicted molar refractivity (Wildman–Crippen MR) is 85.2 cm³/mol. The maximum absolute atomic E-state index is 12.3. The first-order chi connectivity index (χ1) is 9.88. The molecule has 5 heteroatoms. The molecule has 3 atom stereocenters. The van der Waals surface area contributed by atoms with Crippen molar-refractivity contribution in [3.05, 3.63) is 16.1 Å². The summed E-state index contributed by atoms with van der Waals surface area (Å²) in [6.07, 6.45) is 3.55. The molecule has 0 bridgehead atoms. The summed E-state index contributed by atoms with van der Waals surface area (Å²) in [6.45, 7) is 11.2. The number of esters is 1. The number of ether oxygens (including phenoxy) is 1. The van der Waals surface area contributed by atoms with E-state index < -0.39 is 0 Å². The first-order valence-corrected chi connectivity index (χ1v) is 8.90. The van der Waals surface area contributed by atoms with Crippen LogP contribution in [-0.2, 0) is 16.1 Å². The largest absolute Gasteiger partial charge is 1.00 e. The number of carbonyl (C=O) groups is 1. The van der Waals surface area contributed by atoms with Gasteiger partial charge in [0.05, 0.1) is 4.88 Å². The van der Waals surface area contributed by atoms with Gasteiger partial charge in [0.2, 0.25) is 12.1 Å². The summed E-state index contributed by atoms with van der Waals surface area (Å²) >= 11 is 1.68. The number of halogens is 1. The minimum absolute atomic E-state index is 0. The zero-order valence-corrected chi connectivity index (χ0v) is 15.8. The molecule has 3 nitrogen and oxygen atoms in total. The van der Waals surface area contributed by atoms with Crippen LogP contribution in [0.3, 0.4) is 0 Å². The van der Waals surface area contributed by atoms with E-state index in [9.17, 15) is 4.79 Å². The lowest BCUT2D eigenvalue weighted by atomic mass is 9.75. The van der Waals surface area contributed by atoms with Crippen LogP contribution in [0.4, 0.5) is 0 Å². The lowest BCUT2D eigenvalue weighted by molar-refractivity contribution is -0.687. The third-order valence-electron chi connectivity index (χ3n) is 4.84. The van der Waals surface area contributed by atoms with E-state index in [-0.39, 0.29) is 24.5 Å². The van der Waals surface area contributed by atoms with E-state index in [1.165, 1.54) is 17.7 Å². The van der Waals surface area contributed by atoms with E-state index in [1.54, 1.807) is 11.3 Å². The van der Waals surface area contributed by atoms with Gasteiger partial charge in [0.1, 0.15) is 6.10 Å². The van der Waals surface area contributed by atoms with Crippen LogP contribution in [0.25, 0.3) is 0 Å². The molecule has 0 aliphatic heterocycles. The first-order valence-electron chi connectivity index (χ1n) is 8.02. The molecule has 1 aromatic heterocycles. The molecule has 1 aliphatic rings. The zero-order valence-electron chi connectivity index (χ0n) is 14.3. The molecule has 1 fully saturated rings. The summed E-state index contributed by atoms with van der Waals surface area (Å²) in [5.74, 6) is 1.66. The van der Waals surface area contributed by atoms with Crippen molar-refractivity contribution >= 4 is 17.3 Å². The van der Waals surface area contributed by atoms with Crippen LogP contribution in [-0.4, -0.2) is 12.1 Å². The smallest absolute Gasteiger partial charge is 0.373 e. The van der Waals surface area contributed by atoms with E-state index in [0.717, 1.165) is 12.1 Å². The number of hydrogen-bond acceptors (Lipinski definition) is 3. The molecule has 22 heavy (non-hydrogen) atoms. The number of nitrogens with zero attached hydrogens (tertiary/aromatic N) is 1. The Morgan fingerprint density at radius 3 is 2.64 bits per heavy atom. The highest BCUT2D eigenvalue weighted by molar-refractivity contribution is 7.09. The summed E-state index contributed by atoms with van der Waals surface area (Å²) in [6, 6.07) is 0.